The van der Waals surface area contributed by atoms with Crippen LogP contribution in [0.1, 0.15) is 69.6 Å². The monoisotopic (exact) mass is 334 g/mol. The van der Waals surface area contributed by atoms with Crippen LogP contribution < -0.4 is 10.2 Å². The van der Waals surface area contributed by atoms with E-state index in [1.54, 1.807) is 0 Å². The fraction of sp³-hybridized carbons (Fsp3) is 0.478. The molecule has 0 aliphatic carbocycles. The van der Waals surface area contributed by atoms with E-state index >= 15 is 0 Å². The Balaban J connectivity index is 1.74. The van der Waals surface area contributed by atoms with E-state index in [-0.39, 0.29) is 5.41 Å². The third-order valence-corrected chi connectivity index (χ3v) is 6.05. The van der Waals surface area contributed by atoms with E-state index < -0.39 is 0 Å². The maximum absolute atomic E-state index is 3.72. The van der Waals surface area contributed by atoms with Crippen LogP contribution in [0.5, 0.6) is 0 Å². The van der Waals surface area contributed by atoms with Crippen LogP contribution in [0.25, 0.3) is 0 Å². The SMILES string of the molecule is CC(C)c1ccc2c(c1)C(C)(C)c1ccc(N3CCCCC3)cc1N2. The molecule has 0 spiro atoms. The molecule has 1 saturated heterocycles. The molecule has 0 atom stereocenters. The van der Waals surface area contributed by atoms with Crippen LogP contribution in [0, 0.1) is 0 Å². The maximum atomic E-state index is 3.72. The zero-order chi connectivity index (χ0) is 17.6. The molecular formula is C23H30N2. The van der Waals surface area contributed by atoms with E-state index in [4.69, 9.17) is 0 Å². The Hall–Kier alpha value is -1.96. The average molecular weight is 335 g/mol. The highest BCUT2D eigenvalue weighted by atomic mass is 15.1. The molecule has 2 aliphatic heterocycles. The van der Waals surface area contributed by atoms with Gasteiger partial charge in [0.15, 0.2) is 0 Å². The second-order valence-corrected chi connectivity index (χ2v) is 8.49. The second kappa shape index (κ2) is 6.09. The largest absolute Gasteiger partial charge is 0.371 e. The highest BCUT2D eigenvalue weighted by Crippen LogP contribution is 2.47. The summed E-state index contributed by atoms with van der Waals surface area (Å²) in [7, 11) is 0. The number of anilines is 3. The smallest absolute Gasteiger partial charge is 0.0446 e. The summed E-state index contributed by atoms with van der Waals surface area (Å²) in [5, 5.41) is 3.72. The molecular weight excluding hydrogens is 304 g/mol. The van der Waals surface area contributed by atoms with Gasteiger partial charge in [-0.15, -0.1) is 0 Å². The van der Waals surface area contributed by atoms with Gasteiger partial charge in [0.05, 0.1) is 0 Å². The van der Waals surface area contributed by atoms with Gasteiger partial charge in [0, 0.05) is 35.6 Å². The summed E-state index contributed by atoms with van der Waals surface area (Å²) in [4.78, 5) is 2.54. The van der Waals surface area contributed by atoms with Gasteiger partial charge in [-0.05, 0) is 60.1 Å². The Bertz CT molecular complexity index is 783. The van der Waals surface area contributed by atoms with Crippen LogP contribution in [-0.2, 0) is 5.41 Å². The van der Waals surface area contributed by atoms with Gasteiger partial charge in [0.1, 0.15) is 0 Å². The van der Waals surface area contributed by atoms with Crippen molar-refractivity contribution in [2.24, 2.45) is 0 Å². The lowest BCUT2D eigenvalue weighted by Crippen LogP contribution is -2.30. The maximum Gasteiger partial charge on any atom is 0.0446 e. The molecule has 2 nitrogen and oxygen atoms in total. The molecule has 2 heterocycles. The van der Waals surface area contributed by atoms with Crippen molar-refractivity contribution in [3.63, 3.8) is 0 Å². The third-order valence-electron chi connectivity index (χ3n) is 6.05. The molecule has 0 saturated carbocycles. The fourth-order valence-electron chi connectivity index (χ4n) is 4.37. The summed E-state index contributed by atoms with van der Waals surface area (Å²) in [6.07, 6.45) is 4.01. The molecule has 2 aromatic carbocycles. The summed E-state index contributed by atoms with van der Waals surface area (Å²) in [5.41, 5.74) is 8.17. The molecule has 2 heteroatoms. The number of hydrogen-bond acceptors (Lipinski definition) is 2. The molecule has 2 aromatic rings. The van der Waals surface area contributed by atoms with Gasteiger partial charge in [0.2, 0.25) is 0 Å². The first-order valence-corrected chi connectivity index (χ1v) is 9.78. The molecule has 0 radical (unpaired) electrons. The highest BCUT2D eigenvalue weighted by molar-refractivity contribution is 5.78. The van der Waals surface area contributed by atoms with Crippen LogP contribution in [0.3, 0.4) is 0 Å². The number of nitrogens with zero attached hydrogens (tertiary/aromatic N) is 1. The molecule has 4 rings (SSSR count). The van der Waals surface area contributed by atoms with Gasteiger partial charge in [0.25, 0.3) is 0 Å². The van der Waals surface area contributed by atoms with Gasteiger partial charge >= 0.3 is 0 Å². The Morgan fingerprint density at radius 3 is 2.36 bits per heavy atom. The van der Waals surface area contributed by atoms with Gasteiger partial charge in [-0.3, -0.25) is 0 Å². The van der Waals surface area contributed by atoms with E-state index in [1.807, 2.05) is 0 Å². The summed E-state index contributed by atoms with van der Waals surface area (Å²) >= 11 is 0. The fourth-order valence-corrected chi connectivity index (χ4v) is 4.37. The number of benzene rings is 2. The van der Waals surface area contributed by atoms with Crippen molar-refractivity contribution in [2.75, 3.05) is 23.3 Å². The minimum absolute atomic E-state index is 0.0290. The van der Waals surface area contributed by atoms with Crippen molar-refractivity contribution in [3.05, 3.63) is 53.1 Å². The lowest BCUT2D eigenvalue weighted by molar-refractivity contribution is 0.577. The van der Waals surface area contributed by atoms with Gasteiger partial charge < -0.3 is 10.2 Å². The van der Waals surface area contributed by atoms with Crippen molar-refractivity contribution in [2.45, 2.75) is 58.3 Å². The van der Waals surface area contributed by atoms with Crippen molar-refractivity contribution < 1.29 is 0 Å². The van der Waals surface area contributed by atoms with E-state index in [1.165, 1.54) is 66.1 Å². The van der Waals surface area contributed by atoms with Gasteiger partial charge in [-0.25, -0.2) is 0 Å². The predicted octanol–water partition coefficient (Wildman–Crippen LogP) is 6.18. The quantitative estimate of drug-likeness (QED) is 0.705. The van der Waals surface area contributed by atoms with Gasteiger partial charge in [-0.1, -0.05) is 45.9 Å². The van der Waals surface area contributed by atoms with E-state index in [0.717, 1.165) is 0 Å². The number of piperidine rings is 1. The molecule has 0 amide bonds. The summed E-state index contributed by atoms with van der Waals surface area (Å²) < 4.78 is 0. The standard InChI is InChI=1S/C23H30N2/c1-16(2)17-8-11-21-20(14-17)23(3,4)19-10-9-18(15-22(19)24-21)25-12-6-5-7-13-25/h8-11,14-16,24H,5-7,12-13H2,1-4H3. The first-order chi connectivity index (χ1) is 12.0. The topological polar surface area (TPSA) is 15.3 Å². The van der Waals surface area contributed by atoms with E-state index in [0.29, 0.717) is 5.92 Å². The number of fused-ring (bicyclic) bond motifs is 2. The lowest BCUT2D eigenvalue weighted by atomic mass is 9.73. The van der Waals surface area contributed by atoms with Gasteiger partial charge in [-0.2, -0.15) is 0 Å². The summed E-state index contributed by atoms with van der Waals surface area (Å²) in [6, 6.07) is 14.0. The number of nitrogens with one attached hydrogen (secondary N) is 1. The van der Waals surface area contributed by atoms with Crippen LogP contribution in [0.2, 0.25) is 0 Å². The molecule has 1 N–H and O–H groups in total. The van der Waals surface area contributed by atoms with Crippen molar-refractivity contribution in [1.29, 1.82) is 0 Å². The molecule has 2 aliphatic rings. The van der Waals surface area contributed by atoms with Crippen molar-refractivity contribution >= 4 is 17.1 Å². The van der Waals surface area contributed by atoms with E-state index in [2.05, 4.69) is 74.3 Å². The first kappa shape index (κ1) is 16.5. The minimum Gasteiger partial charge on any atom is -0.371 e. The number of hydrogen-bond donors (Lipinski definition) is 1. The number of rotatable bonds is 2. The first-order valence-electron chi connectivity index (χ1n) is 9.78. The zero-order valence-electron chi connectivity index (χ0n) is 16.0. The molecule has 0 aromatic heterocycles. The second-order valence-electron chi connectivity index (χ2n) is 8.49. The third kappa shape index (κ3) is 2.82. The van der Waals surface area contributed by atoms with E-state index in [9.17, 15) is 0 Å². The van der Waals surface area contributed by atoms with Crippen LogP contribution in [-0.4, -0.2) is 13.1 Å². The predicted molar refractivity (Wildman–Crippen MR) is 108 cm³/mol. The van der Waals surface area contributed by atoms with Crippen molar-refractivity contribution in [3.8, 4) is 0 Å². The Morgan fingerprint density at radius 1 is 0.880 bits per heavy atom. The normalized spacial score (nSPS) is 18.5. The van der Waals surface area contributed by atoms with Crippen LogP contribution in [0.4, 0.5) is 17.1 Å². The summed E-state index contributed by atoms with van der Waals surface area (Å²) in [5.74, 6) is 0.559. The molecule has 0 bridgehead atoms. The molecule has 132 valence electrons. The minimum atomic E-state index is 0.0290. The lowest BCUT2D eigenvalue weighted by Gasteiger charge is -2.37. The van der Waals surface area contributed by atoms with Crippen LogP contribution >= 0.6 is 0 Å². The molecule has 25 heavy (non-hydrogen) atoms. The molecule has 0 unspecified atom stereocenters. The van der Waals surface area contributed by atoms with Crippen molar-refractivity contribution in [1.82, 2.24) is 0 Å². The Kier molecular flexibility index (Phi) is 4.02. The highest BCUT2D eigenvalue weighted by Gasteiger charge is 2.33. The average Bonchev–Trinajstić information content (AvgIpc) is 2.62. The zero-order valence-corrected chi connectivity index (χ0v) is 16.0. The Morgan fingerprint density at radius 2 is 1.64 bits per heavy atom. The Labute approximate surface area is 152 Å². The summed E-state index contributed by atoms with van der Waals surface area (Å²) in [6.45, 7) is 11.6. The molecule has 1 fully saturated rings. The van der Waals surface area contributed by atoms with Crippen LogP contribution in [0.15, 0.2) is 36.4 Å².